The summed E-state index contributed by atoms with van der Waals surface area (Å²) in [6.07, 6.45) is 1.50. The Kier molecular flexibility index (Phi) is 6.44. The van der Waals surface area contributed by atoms with Crippen LogP contribution in [0.3, 0.4) is 0 Å². The van der Waals surface area contributed by atoms with E-state index < -0.39 is 15.5 Å². The number of alkyl halides is 3. The van der Waals surface area contributed by atoms with Crippen LogP contribution < -0.4 is 14.8 Å². The van der Waals surface area contributed by atoms with Crippen molar-refractivity contribution in [1.29, 1.82) is 0 Å². The molecule has 7 nitrogen and oxygen atoms in total. The van der Waals surface area contributed by atoms with E-state index in [4.69, 9.17) is 4.74 Å². The van der Waals surface area contributed by atoms with Crippen LogP contribution in [0.25, 0.3) is 11.3 Å². The number of hydrogen-bond acceptors (Lipinski definition) is 7. The average molecular weight is 507 g/mol. The number of nitrogens with zero attached hydrogens (tertiary/aromatic N) is 2. The van der Waals surface area contributed by atoms with Crippen molar-refractivity contribution in [2.75, 3.05) is 10.0 Å². The molecule has 0 saturated carbocycles. The highest BCUT2D eigenvalue weighted by atomic mass is 32.2. The number of aromatic nitrogens is 2. The maximum absolute atomic E-state index is 12.6. The SMILES string of the molecule is Cc1nc(-c2ccccc2)c(Oc2ccnc(Nc3cccc(NS(=O)(=O)C(F)(F)F)c3)c2)s1. The first-order chi connectivity index (χ1) is 16.1. The number of hydrogen-bond donors (Lipinski definition) is 2. The van der Waals surface area contributed by atoms with Gasteiger partial charge < -0.3 is 10.1 Å². The molecule has 0 aliphatic rings. The highest BCUT2D eigenvalue weighted by Crippen LogP contribution is 2.38. The smallest absolute Gasteiger partial charge is 0.444 e. The maximum atomic E-state index is 12.6. The summed E-state index contributed by atoms with van der Waals surface area (Å²) in [6, 6.07) is 18.2. The summed E-state index contributed by atoms with van der Waals surface area (Å²) in [5.74, 6) is 0.808. The molecule has 176 valence electrons. The van der Waals surface area contributed by atoms with Crippen molar-refractivity contribution in [2.45, 2.75) is 12.4 Å². The number of anilines is 3. The molecule has 2 aromatic carbocycles. The molecule has 0 aliphatic heterocycles. The Morgan fingerprint density at radius 1 is 0.971 bits per heavy atom. The van der Waals surface area contributed by atoms with Crippen molar-refractivity contribution < 1.29 is 26.3 Å². The molecule has 2 aromatic heterocycles. The second-order valence-corrected chi connectivity index (χ2v) is 9.81. The first-order valence-corrected chi connectivity index (χ1v) is 12.0. The Morgan fingerprint density at radius 3 is 2.44 bits per heavy atom. The zero-order chi connectivity index (χ0) is 24.3. The lowest BCUT2D eigenvalue weighted by Gasteiger charge is -2.12. The van der Waals surface area contributed by atoms with E-state index in [1.54, 1.807) is 18.2 Å². The third-order valence-corrected chi connectivity index (χ3v) is 6.35. The minimum atomic E-state index is -5.52. The van der Waals surface area contributed by atoms with Crippen molar-refractivity contribution >= 4 is 38.6 Å². The number of benzene rings is 2. The van der Waals surface area contributed by atoms with E-state index in [9.17, 15) is 21.6 Å². The lowest BCUT2D eigenvalue weighted by molar-refractivity contribution is -0.0429. The van der Waals surface area contributed by atoms with E-state index in [1.807, 2.05) is 37.3 Å². The van der Waals surface area contributed by atoms with E-state index in [2.05, 4.69) is 15.3 Å². The fraction of sp³-hybridized carbons (Fsp3) is 0.0909. The van der Waals surface area contributed by atoms with Gasteiger partial charge in [-0.3, -0.25) is 4.72 Å². The number of sulfonamides is 1. The minimum absolute atomic E-state index is 0.248. The number of rotatable bonds is 7. The fourth-order valence-corrected chi connectivity index (χ4v) is 4.28. The Hall–Kier alpha value is -3.64. The lowest BCUT2D eigenvalue weighted by atomic mass is 10.2. The highest BCUT2D eigenvalue weighted by molar-refractivity contribution is 7.93. The number of nitrogens with one attached hydrogen (secondary N) is 2. The van der Waals surface area contributed by atoms with Gasteiger partial charge >= 0.3 is 15.5 Å². The number of ether oxygens (including phenoxy) is 1. The van der Waals surface area contributed by atoms with Crippen molar-refractivity contribution in [1.82, 2.24) is 9.97 Å². The monoisotopic (exact) mass is 506 g/mol. The van der Waals surface area contributed by atoms with Crippen LogP contribution in [0.1, 0.15) is 5.01 Å². The zero-order valence-corrected chi connectivity index (χ0v) is 19.1. The summed E-state index contributed by atoms with van der Waals surface area (Å²) in [4.78, 5) is 8.73. The second kappa shape index (κ2) is 9.31. The van der Waals surface area contributed by atoms with Gasteiger partial charge in [0.15, 0.2) is 0 Å². The van der Waals surface area contributed by atoms with Crippen molar-refractivity contribution in [2.24, 2.45) is 0 Å². The fourth-order valence-electron chi connectivity index (χ4n) is 2.93. The van der Waals surface area contributed by atoms with Crippen molar-refractivity contribution in [3.8, 4) is 22.1 Å². The van der Waals surface area contributed by atoms with E-state index in [1.165, 1.54) is 40.5 Å². The quantitative estimate of drug-likeness (QED) is 0.305. The molecule has 0 aliphatic carbocycles. The highest BCUT2D eigenvalue weighted by Gasteiger charge is 2.46. The third-order valence-electron chi connectivity index (χ3n) is 4.38. The molecule has 0 radical (unpaired) electrons. The Morgan fingerprint density at radius 2 is 1.71 bits per heavy atom. The van der Waals surface area contributed by atoms with Gasteiger partial charge in [0.1, 0.15) is 17.3 Å². The predicted molar refractivity (Wildman–Crippen MR) is 125 cm³/mol. The average Bonchev–Trinajstić information content (AvgIpc) is 3.14. The molecule has 2 heterocycles. The molecule has 0 amide bonds. The van der Waals surface area contributed by atoms with Gasteiger partial charge in [0, 0.05) is 23.5 Å². The molecule has 0 bridgehead atoms. The van der Waals surface area contributed by atoms with Crippen molar-refractivity contribution in [3.05, 3.63) is 77.9 Å². The van der Waals surface area contributed by atoms with Gasteiger partial charge in [-0.1, -0.05) is 47.7 Å². The standard InChI is InChI=1S/C22H17F3N4O3S2/c1-14-27-20(15-6-3-2-4-7-15)21(33-14)32-18-10-11-26-19(13-18)28-16-8-5-9-17(12-16)29-34(30,31)22(23,24)25/h2-13,29H,1H3,(H,26,28). The van der Waals surface area contributed by atoms with E-state index >= 15 is 0 Å². The number of aryl methyl sites for hydroxylation is 1. The molecule has 2 N–H and O–H groups in total. The molecule has 12 heteroatoms. The van der Waals surface area contributed by atoms with Crippen LogP contribution in [0, 0.1) is 6.92 Å². The molecule has 0 atom stereocenters. The normalized spacial score (nSPS) is 11.8. The largest absolute Gasteiger partial charge is 0.516 e. The van der Waals surface area contributed by atoms with Crippen LogP contribution in [-0.4, -0.2) is 23.9 Å². The van der Waals surface area contributed by atoms with Gasteiger partial charge in [0.25, 0.3) is 0 Å². The molecule has 4 aromatic rings. The van der Waals surface area contributed by atoms with Crippen LogP contribution in [-0.2, 0) is 10.0 Å². The first kappa shape index (κ1) is 23.5. The van der Waals surface area contributed by atoms with E-state index in [-0.39, 0.29) is 5.69 Å². The maximum Gasteiger partial charge on any atom is 0.516 e. The Labute approximate surface area is 197 Å². The molecule has 0 unspecified atom stereocenters. The number of thiazole rings is 1. The van der Waals surface area contributed by atoms with Crippen LogP contribution in [0.4, 0.5) is 30.4 Å². The Balaban J connectivity index is 1.53. The van der Waals surface area contributed by atoms with Gasteiger partial charge in [-0.05, 0) is 31.2 Å². The van der Waals surface area contributed by atoms with E-state index in [0.29, 0.717) is 28.0 Å². The van der Waals surface area contributed by atoms with Crippen molar-refractivity contribution in [3.63, 3.8) is 0 Å². The topological polar surface area (TPSA) is 93.2 Å². The molecule has 0 saturated heterocycles. The molecular weight excluding hydrogens is 489 g/mol. The van der Waals surface area contributed by atoms with Gasteiger partial charge in [0.2, 0.25) is 5.06 Å². The van der Waals surface area contributed by atoms with Crippen LogP contribution in [0.2, 0.25) is 0 Å². The summed E-state index contributed by atoms with van der Waals surface area (Å²) in [6.45, 7) is 1.88. The zero-order valence-electron chi connectivity index (χ0n) is 17.5. The minimum Gasteiger partial charge on any atom is -0.444 e. The summed E-state index contributed by atoms with van der Waals surface area (Å²) >= 11 is 1.39. The van der Waals surface area contributed by atoms with Crippen LogP contribution in [0.5, 0.6) is 10.8 Å². The lowest BCUT2D eigenvalue weighted by Crippen LogP contribution is -2.29. The summed E-state index contributed by atoms with van der Waals surface area (Å²) < 4.78 is 68.2. The summed E-state index contributed by atoms with van der Waals surface area (Å²) in [7, 11) is -5.52. The summed E-state index contributed by atoms with van der Waals surface area (Å²) in [5, 5.41) is 4.36. The first-order valence-electron chi connectivity index (χ1n) is 9.74. The molecule has 0 spiro atoms. The van der Waals surface area contributed by atoms with Crippen LogP contribution >= 0.6 is 11.3 Å². The van der Waals surface area contributed by atoms with Crippen LogP contribution in [0.15, 0.2) is 72.9 Å². The third kappa shape index (κ3) is 5.46. The predicted octanol–water partition coefficient (Wildman–Crippen LogP) is 6.31. The molecule has 34 heavy (non-hydrogen) atoms. The number of pyridine rings is 1. The second-order valence-electron chi connectivity index (χ2n) is 6.97. The van der Waals surface area contributed by atoms with Gasteiger partial charge in [-0.15, -0.1) is 0 Å². The summed E-state index contributed by atoms with van der Waals surface area (Å²) in [5.41, 5.74) is -3.73. The van der Waals surface area contributed by atoms with Gasteiger partial charge in [-0.2, -0.15) is 21.6 Å². The van der Waals surface area contributed by atoms with Gasteiger partial charge in [-0.25, -0.2) is 9.97 Å². The van der Waals surface area contributed by atoms with E-state index in [0.717, 1.165) is 10.6 Å². The van der Waals surface area contributed by atoms with Gasteiger partial charge in [0.05, 0.1) is 10.7 Å². The molecule has 0 fully saturated rings. The Bertz CT molecular complexity index is 1410. The molecular formula is C22H17F3N4O3S2. The molecule has 4 rings (SSSR count). The number of halogens is 3.